The first kappa shape index (κ1) is 34.1. The molecule has 5 N–H and O–H groups in total. The zero-order valence-corrected chi connectivity index (χ0v) is 27.2. The van der Waals surface area contributed by atoms with Crippen molar-refractivity contribution in [2.75, 3.05) is 25.6 Å². The van der Waals surface area contributed by atoms with Crippen LogP contribution in [0, 0.1) is 6.92 Å². The molecule has 0 aliphatic heterocycles. The van der Waals surface area contributed by atoms with Crippen LogP contribution in [-0.4, -0.2) is 51.9 Å². The molecule has 5 rings (SSSR count). The highest BCUT2D eigenvalue weighted by Crippen LogP contribution is 2.43. The van der Waals surface area contributed by atoms with E-state index in [1.807, 2.05) is 30.3 Å². The van der Waals surface area contributed by atoms with Crippen LogP contribution in [0.4, 0.5) is 34.1 Å². The van der Waals surface area contributed by atoms with E-state index in [1.165, 1.54) is 43.5 Å². The first-order valence-electron chi connectivity index (χ1n) is 14.2. The van der Waals surface area contributed by atoms with E-state index in [9.17, 15) is 26.5 Å². The lowest BCUT2D eigenvalue weighted by atomic mass is 10.1. The lowest BCUT2D eigenvalue weighted by molar-refractivity contribution is 0.301. The lowest BCUT2D eigenvalue weighted by Crippen LogP contribution is -2.26. The van der Waals surface area contributed by atoms with E-state index in [1.54, 1.807) is 31.2 Å². The summed E-state index contributed by atoms with van der Waals surface area (Å²) in [5.74, 6) is -0.306. The number of sulfonamides is 1. The number of ether oxygens (including phenoxy) is 1. The average Bonchev–Trinajstić information content (AvgIpc) is 3.06. The molecule has 0 aliphatic rings. The Kier molecular flexibility index (Phi) is 10.1. The molecule has 0 radical (unpaired) electrons. The van der Waals surface area contributed by atoms with Crippen LogP contribution >= 0.6 is 0 Å². The first-order chi connectivity index (χ1) is 22.9. The van der Waals surface area contributed by atoms with E-state index in [4.69, 9.17) is 9.84 Å². The molecule has 0 bridgehead atoms. The largest absolute Gasteiger partial charge is 0.505 e. The topological polar surface area (TPSA) is 212 Å². The molecule has 14 nitrogen and oxygen atoms in total. The number of aromatic hydroxyl groups is 1. The van der Waals surface area contributed by atoms with Crippen LogP contribution in [0.15, 0.2) is 121 Å². The second-order valence-corrected chi connectivity index (χ2v) is 13.5. The maximum atomic E-state index is 12.4. The molecule has 0 aromatic heterocycles. The number of aliphatic hydroxyl groups is 1. The van der Waals surface area contributed by atoms with Gasteiger partial charge in [0.1, 0.15) is 22.0 Å². The highest BCUT2D eigenvalue weighted by atomic mass is 32.2. The number of benzene rings is 5. The fraction of sp³-hybridized carbons (Fsp3) is 0.125. The number of azo groups is 2. The van der Waals surface area contributed by atoms with E-state index >= 15 is 0 Å². The standard InChI is InChI=1S/C32H30N6O8S2/c1-20-16-28(29(46-2)19-27(20)36-35-23-8-11-25(12-9-23)47(41,42)33-14-15-39)37-38-31-30(48(43,44)45)18-21-17-24(10-13-26(21)32(31)40)34-22-6-4-3-5-7-22/h3-13,16-19,33-34,39-40H,14-15H2,1-2H3,(H,43,44,45). The summed E-state index contributed by atoms with van der Waals surface area (Å²) in [7, 11) is -7.23. The SMILES string of the molecule is COc1cc(N=Nc2ccc(S(=O)(=O)NCCO)cc2)c(C)cc1N=Nc1c(S(=O)(=O)O)cc2cc(Nc3ccccc3)ccc2c1O. The molecule has 0 unspecified atom stereocenters. The van der Waals surface area contributed by atoms with Gasteiger partial charge in [-0.2, -0.15) is 18.6 Å². The van der Waals surface area contributed by atoms with E-state index in [-0.39, 0.29) is 34.9 Å². The van der Waals surface area contributed by atoms with Crippen molar-refractivity contribution in [2.45, 2.75) is 16.7 Å². The monoisotopic (exact) mass is 690 g/mol. The second-order valence-electron chi connectivity index (χ2n) is 10.3. The number of methoxy groups -OCH3 is 1. The zero-order valence-electron chi connectivity index (χ0n) is 25.6. The minimum atomic E-state index is -4.84. The van der Waals surface area contributed by atoms with Crippen molar-refractivity contribution in [3.05, 3.63) is 96.6 Å². The maximum absolute atomic E-state index is 12.4. The van der Waals surface area contributed by atoms with Gasteiger partial charge in [-0.15, -0.1) is 10.2 Å². The molecule has 16 heteroatoms. The summed E-state index contributed by atoms with van der Waals surface area (Å²) in [6, 6.07) is 24.2. The number of rotatable bonds is 12. The van der Waals surface area contributed by atoms with E-state index in [0.29, 0.717) is 28.0 Å². The average molecular weight is 691 g/mol. The Balaban J connectivity index is 1.44. The van der Waals surface area contributed by atoms with Crippen LogP contribution in [0.5, 0.6) is 11.5 Å². The molecule has 5 aromatic rings. The molecule has 0 fully saturated rings. The van der Waals surface area contributed by atoms with Crippen molar-refractivity contribution < 1.29 is 36.3 Å². The van der Waals surface area contributed by atoms with Crippen molar-refractivity contribution in [2.24, 2.45) is 20.5 Å². The fourth-order valence-electron chi connectivity index (χ4n) is 4.59. The number of hydrogen-bond acceptors (Lipinski definition) is 12. The van der Waals surface area contributed by atoms with Gasteiger partial charge in [0.25, 0.3) is 10.1 Å². The van der Waals surface area contributed by atoms with Gasteiger partial charge in [0.2, 0.25) is 10.0 Å². The third kappa shape index (κ3) is 7.81. The molecule has 0 saturated heterocycles. The number of phenols is 1. The highest BCUT2D eigenvalue weighted by Gasteiger charge is 2.22. The number of aliphatic hydroxyl groups excluding tert-OH is 1. The number of nitrogens with one attached hydrogen (secondary N) is 2. The smallest absolute Gasteiger partial charge is 0.296 e. The molecule has 0 heterocycles. The van der Waals surface area contributed by atoms with Crippen LogP contribution < -0.4 is 14.8 Å². The van der Waals surface area contributed by atoms with Crippen LogP contribution in [0.2, 0.25) is 0 Å². The Hall–Kier alpha value is -5.26. The van der Waals surface area contributed by atoms with Crippen molar-refractivity contribution >= 4 is 65.0 Å². The Bertz CT molecular complexity index is 2250. The molecule has 5 aromatic carbocycles. The number of anilines is 2. The number of fused-ring (bicyclic) bond motifs is 1. The van der Waals surface area contributed by atoms with Gasteiger partial charge in [-0.1, -0.05) is 18.2 Å². The summed E-state index contributed by atoms with van der Waals surface area (Å²) in [5.41, 5.74) is 2.46. The summed E-state index contributed by atoms with van der Waals surface area (Å²) in [6.45, 7) is 1.27. The Morgan fingerprint density at radius 2 is 1.50 bits per heavy atom. The van der Waals surface area contributed by atoms with E-state index < -0.39 is 36.5 Å². The molecular weight excluding hydrogens is 661 g/mol. The zero-order chi connectivity index (χ0) is 34.5. The van der Waals surface area contributed by atoms with Gasteiger partial charge < -0.3 is 20.3 Å². The minimum absolute atomic E-state index is 0.00175. The number of phenolic OH excluding ortho intramolecular Hbond substituents is 1. The minimum Gasteiger partial charge on any atom is -0.505 e. The predicted molar refractivity (Wildman–Crippen MR) is 180 cm³/mol. The Labute approximate surface area is 276 Å². The van der Waals surface area contributed by atoms with Gasteiger partial charge in [-0.25, -0.2) is 13.1 Å². The van der Waals surface area contributed by atoms with Gasteiger partial charge in [0.05, 0.1) is 30.0 Å². The fourth-order valence-corrected chi connectivity index (χ4v) is 6.27. The summed E-state index contributed by atoms with van der Waals surface area (Å²) in [4.78, 5) is -0.640. The van der Waals surface area contributed by atoms with Gasteiger partial charge in [0.15, 0.2) is 5.75 Å². The number of hydrogen-bond donors (Lipinski definition) is 5. The summed E-state index contributed by atoms with van der Waals surface area (Å²) >= 11 is 0. The van der Waals surface area contributed by atoms with Gasteiger partial charge in [0, 0.05) is 29.4 Å². The third-order valence-electron chi connectivity index (χ3n) is 6.97. The van der Waals surface area contributed by atoms with Crippen molar-refractivity contribution in [3.63, 3.8) is 0 Å². The second kappa shape index (κ2) is 14.2. The molecule has 48 heavy (non-hydrogen) atoms. The number of aryl methyl sites for hydroxylation is 1. The van der Waals surface area contributed by atoms with Crippen LogP contribution in [0.1, 0.15) is 5.56 Å². The molecular formula is C32H30N6O8S2. The normalized spacial score (nSPS) is 12.2. The quantitative estimate of drug-likeness (QED) is 0.0675. The number of para-hydroxylation sites is 1. The third-order valence-corrected chi connectivity index (χ3v) is 9.31. The lowest BCUT2D eigenvalue weighted by Gasteiger charge is -2.12. The van der Waals surface area contributed by atoms with E-state index in [0.717, 1.165) is 5.69 Å². The number of nitrogens with zero attached hydrogens (tertiary/aromatic N) is 4. The molecule has 0 amide bonds. The van der Waals surface area contributed by atoms with Crippen LogP contribution in [0.3, 0.4) is 0 Å². The van der Waals surface area contributed by atoms with Gasteiger partial charge >= 0.3 is 0 Å². The van der Waals surface area contributed by atoms with Crippen molar-refractivity contribution in [1.29, 1.82) is 0 Å². The van der Waals surface area contributed by atoms with Crippen molar-refractivity contribution in [1.82, 2.24) is 4.72 Å². The van der Waals surface area contributed by atoms with Crippen LogP contribution in [-0.2, 0) is 20.1 Å². The van der Waals surface area contributed by atoms with E-state index in [2.05, 4.69) is 30.5 Å². The Morgan fingerprint density at radius 3 is 2.17 bits per heavy atom. The van der Waals surface area contributed by atoms with Gasteiger partial charge in [-0.3, -0.25) is 4.55 Å². The molecule has 0 saturated carbocycles. The summed E-state index contributed by atoms with van der Waals surface area (Å²) in [5, 5.41) is 40.3. The molecule has 0 aliphatic carbocycles. The Morgan fingerprint density at radius 1 is 0.792 bits per heavy atom. The predicted octanol–water partition coefficient (Wildman–Crippen LogP) is 6.95. The van der Waals surface area contributed by atoms with Crippen molar-refractivity contribution in [3.8, 4) is 11.5 Å². The first-order valence-corrected chi connectivity index (χ1v) is 17.1. The molecule has 248 valence electrons. The molecule has 0 atom stereocenters. The molecule has 0 spiro atoms. The summed E-state index contributed by atoms with van der Waals surface area (Å²) in [6.07, 6.45) is 0. The maximum Gasteiger partial charge on any atom is 0.296 e. The highest BCUT2D eigenvalue weighted by molar-refractivity contribution is 7.89. The summed E-state index contributed by atoms with van der Waals surface area (Å²) < 4.78 is 67.0. The van der Waals surface area contributed by atoms with Gasteiger partial charge in [-0.05, 0) is 84.6 Å². The van der Waals surface area contributed by atoms with Crippen LogP contribution in [0.25, 0.3) is 10.8 Å².